The molecule has 2 aromatic rings. The first kappa shape index (κ1) is 15.2. The largest absolute Gasteiger partial charge is 0.496 e. The lowest BCUT2D eigenvalue weighted by Crippen LogP contribution is -2.30. The number of benzene rings is 1. The van der Waals surface area contributed by atoms with E-state index in [1.54, 1.807) is 13.4 Å². The normalized spacial score (nSPS) is 19.9. The quantitative estimate of drug-likeness (QED) is 0.931. The van der Waals surface area contributed by atoms with Gasteiger partial charge in [-0.25, -0.2) is 9.97 Å². The van der Waals surface area contributed by atoms with Gasteiger partial charge in [-0.15, -0.1) is 0 Å². The van der Waals surface area contributed by atoms with Crippen LogP contribution < -0.4 is 15.0 Å². The third-order valence-electron chi connectivity index (χ3n) is 5.10. The van der Waals surface area contributed by atoms with Gasteiger partial charge in [-0.3, -0.25) is 0 Å². The van der Waals surface area contributed by atoms with E-state index < -0.39 is 0 Å². The Morgan fingerprint density at radius 1 is 1.17 bits per heavy atom. The highest BCUT2D eigenvalue weighted by Gasteiger charge is 2.25. The number of methoxy groups -OCH3 is 1. The molecule has 1 N–H and O–H groups in total. The average Bonchev–Trinajstić information content (AvgIpc) is 3.06. The van der Waals surface area contributed by atoms with Crippen LogP contribution in [0.25, 0.3) is 0 Å². The molecule has 1 aliphatic heterocycles. The van der Waals surface area contributed by atoms with Gasteiger partial charge < -0.3 is 15.0 Å². The highest BCUT2D eigenvalue weighted by molar-refractivity contribution is 5.53. The number of fused-ring (bicyclic) bond motifs is 1. The summed E-state index contributed by atoms with van der Waals surface area (Å²) in [5, 5.41) is 3.59. The van der Waals surface area contributed by atoms with E-state index in [-0.39, 0.29) is 0 Å². The van der Waals surface area contributed by atoms with Crippen molar-refractivity contribution in [3.8, 4) is 5.75 Å². The molecule has 1 fully saturated rings. The molecule has 126 valence electrons. The van der Waals surface area contributed by atoms with Crippen LogP contribution in [0.4, 0.5) is 11.6 Å². The fourth-order valence-electron chi connectivity index (χ4n) is 3.86. The number of hydrogen-bond acceptors (Lipinski definition) is 5. The maximum Gasteiger partial charge on any atom is 0.134 e. The van der Waals surface area contributed by atoms with Gasteiger partial charge in [0, 0.05) is 19.2 Å². The summed E-state index contributed by atoms with van der Waals surface area (Å²) in [6, 6.07) is 8.68. The van der Waals surface area contributed by atoms with Crippen molar-refractivity contribution in [3.05, 3.63) is 41.7 Å². The summed E-state index contributed by atoms with van der Waals surface area (Å²) in [7, 11) is 1.74. The molecule has 0 saturated carbocycles. The van der Waals surface area contributed by atoms with Gasteiger partial charge in [-0.05, 0) is 49.3 Å². The predicted octanol–water partition coefficient (Wildman–Crippen LogP) is 3.57. The van der Waals surface area contributed by atoms with Gasteiger partial charge in [0.2, 0.25) is 0 Å². The predicted molar refractivity (Wildman–Crippen MR) is 95.8 cm³/mol. The Balaban J connectivity index is 1.53. The number of piperidine rings is 1. The zero-order valence-electron chi connectivity index (χ0n) is 14.2. The molecule has 5 nitrogen and oxygen atoms in total. The first-order valence-electron chi connectivity index (χ1n) is 8.84. The lowest BCUT2D eigenvalue weighted by molar-refractivity contribution is 0.410. The van der Waals surface area contributed by atoms with E-state index in [2.05, 4.69) is 38.4 Å². The van der Waals surface area contributed by atoms with Crippen molar-refractivity contribution in [1.82, 2.24) is 9.97 Å². The third kappa shape index (κ3) is 2.90. The molecule has 1 aliphatic carbocycles. The number of ether oxygens (including phenoxy) is 1. The summed E-state index contributed by atoms with van der Waals surface area (Å²) in [5.74, 6) is 2.94. The maximum atomic E-state index is 5.49. The van der Waals surface area contributed by atoms with Gasteiger partial charge in [-0.2, -0.15) is 0 Å². The Hall–Kier alpha value is -2.30. The molecule has 1 aromatic carbocycles. The van der Waals surface area contributed by atoms with E-state index >= 15 is 0 Å². The fraction of sp³-hybridized carbons (Fsp3) is 0.474. The zero-order valence-corrected chi connectivity index (χ0v) is 14.2. The molecule has 1 saturated heterocycles. The molecular formula is C19H24N4O. The Kier molecular flexibility index (Phi) is 4.24. The third-order valence-corrected chi connectivity index (χ3v) is 5.10. The van der Waals surface area contributed by atoms with E-state index in [0.29, 0.717) is 6.04 Å². The lowest BCUT2D eigenvalue weighted by atomic mass is 10.1. The minimum atomic E-state index is 0.291. The highest BCUT2D eigenvalue weighted by Crippen LogP contribution is 2.38. The second-order valence-corrected chi connectivity index (χ2v) is 6.57. The smallest absolute Gasteiger partial charge is 0.134 e. The fourth-order valence-corrected chi connectivity index (χ4v) is 3.86. The molecule has 5 heteroatoms. The molecule has 24 heavy (non-hydrogen) atoms. The van der Waals surface area contributed by atoms with Crippen LogP contribution in [0, 0.1) is 0 Å². The van der Waals surface area contributed by atoms with Crippen LogP contribution in [0.1, 0.15) is 42.9 Å². The summed E-state index contributed by atoms with van der Waals surface area (Å²) in [6.45, 7) is 2.19. The summed E-state index contributed by atoms with van der Waals surface area (Å²) < 4.78 is 5.49. The molecular weight excluding hydrogens is 300 g/mol. The van der Waals surface area contributed by atoms with Gasteiger partial charge in [-0.1, -0.05) is 12.1 Å². The van der Waals surface area contributed by atoms with E-state index in [1.165, 1.54) is 30.4 Å². The van der Waals surface area contributed by atoms with E-state index in [0.717, 1.165) is 43.3 Å². The SMILES string of the molecule is COc1cccc2c1CCC2Nc1cc(N2CCCCC2)ncn1. The highest BCUT2D eigenvalue weighted by atomic mass is 16.5. The summed E-state index contributed by atoms with van der Waals surface area (Å²) in [4.78, 5) is 11.3. The summed E-state index contributed by atoms with van der Waals surface area (Å²) in [6.07, 6.45) is 7.62. The number of anilines is 2. The van der Waals surface area contributed by atoms with Gasteiger partial charge in [0.1, 0.15) is 23.7 Å². The van der Waals surface area contributed by atoms with Gasteiger partial charge in [0.15, 0.2) is 0 Å². The number of aromatic nitrogens is 2. The standard InChI is InChI=1S/C19H24N4O/c1-24-17-7-5-6-14-15(17)8-9-16(14)22-18-12-19(21-13-20-18)23-10-3-2-4-11-23/h5-7,12-13,16H,2-4,8-11H2,1H3,(H,20,21,22). The topological polar surface area (TPSA) is 50.3 Å². The van der Waals surface area contributed by atoms with Crippen LogP contribution in [-0.4, -0.2) is 30.2 Å². The maximum absolute atomic E-state index is 5.49. The monoisotopic (exact) mass is 324 g/mol. The Labute approximate surface area is 143 Å². The van der Waals surface area contributed by atoms with Crippen LogP contribution in [-0.2, 0) is 6.42 Å². The molecule has 2 heterocycles. The van der Waals surface area contributed by atoms with Crippen LogP contribution in [0.15, 0.2) is 30.6 Å². The number of nitrogens with one attached hydrogen (secondary N) is 1. The molecule has 0 radical (unpaired) electrons. The molecule has 0 amide bonds. The molecule has 1 unspecified atom stereocenters. The summed E-state index contributed by atoms with van der Waals surface area (Å²) >= 11 is 0. The molecule has 0 spiro atoms. The van der Waals surface area contributed by atoms with Crippen molar-refractivity contribution in [1.29, 1.82) is 0 Å². The van der Waals surface area contributed by atoms with Gasteiger partial charge >= 0.3 is 0 Å². The second-order valence-electron chi connectivity index (χ2n) is 6.57. The van der Waals surface area contributed by atoms with Crippen LogP contribution in [0.3, 0.4) is 0 Å². The molecule has 0 bridgehead atoms. The summed E-state index contributed by atoms with van der Waals surface area (Å²) in [5.41, 5.74) is 2.65. The van der Waals surface area contributed by atoms with E-state index in [4.69, 9.17) is 4.74 Å². The Morgan fingerprint density at radius 3 is 2.88 bits per heavy atom. The first-order valence-corrected chi connectivity index (χ1v) is 8.84. The van der Waals surface area contributed by atoms with E-state index in [1.807, 2.05) is 6.07 Å². The lowest BCUT2D eigenvalue weighted by Gasteiger charge is -2.28. The molecule has 1 aromatic heterocycles. The van der Waals surface area contributed by atoms with Crippen molar-refractivity contribution >= 4 is 11.6 Å². The van der Waals surface area contributed by atoms with Crippen LogP contribution >= 0.6 is 0 Å². The number of hydrogen-bond donors (Lipinski definition) is 1. The second kappa shape index (κ2) is 6.67. The van der Waals surface area contributed by atoms with Gasteiger partial charge in [0.25, 0.3) is 0 Å². The minimum Gasteiger partial charge on any atom is -0.496 e. The minimum absolute atomic E-state index is 0.291. The molecule has 4 rings (SSSR count). The van der Waals surface area contributed by atoms with Gasteiger partial charge in [0.05, 0.1) is 13.2 Å². The van der Waals surface area contributed by atoms with Crippen LogP contribution in [0.2, 0.25) is 0 Å². The number of nitrogens with zero attached hydrogens (tertiary/aromatic N) is 3. The van der Waals surface area contributed by atoms with Crippen molar-refractivity contribution in [3.63, 3.8) is 0 Å². The average molecular weight is 324 g/mol. The van der Waals surface area contributed by atoms with Crippen LogP contribution in [0.5, 0.6) is 5.75 Å². The first-order chi connectivity index (χ1) is 11.8. The molecule has 2 aliphatic rings. The van der Waals surface area contributed by atoms with E-state index in [9.17, 15) is 0 Å². The Morgan fingerprint density at radius 2 is 2.04 bits per heavy atom. The van der Waals surface area contributed by atoms with Crippen molar-refractivity contribution in [2.45, 2.75) is 38.1 Å². The number of rotatable bonds is 4. The van der Waals surface area contributed by atoms with Crippen molar-refractivity contribution in [2.75, 3.05) is 30.4 Å². The zero-order chi connectivity index (χ0) is 16.4. The van der Waals surface area contributed by atoms with Crippen molar-refractivity contribution < 1.29 is 4.74 Å². The molecule has 1 atom stereocenters. The Bertz CT molecular complexity index is 712. The van der Waals surface area contributed by atoms with Crippen molar-refractivity contribution in [2.24, 2.45) is 0 Å².